The number of anilines is 1. The molecule has 5 nitrogen and oxygen atoms in total. The smallest absolute Gasteiger partial charge is 0.246 e. The Morgan fingerprint density at radius 3 is 3.00 bits per heavy atom. The number of aromatic nitrogens is 3. The zero-order valence-electron chi connectivity index (χ0n) is 11.6. The number of fused-ring (bicyclic) bond motifs is 1. The summed E-state index contributed by atoms with van der Waals surface area (Å²) in [5.74, 6) is 0.813. The molecule has 2 atom stereocenters. The first-order chi connectivity index (χ1) is 9.19. The maximum absolute atomic E-state index is 5.91. The molecule has 5 heteroatoms. The van der Waals surface area contributed by atoms with E-state index in [9.17, 15) is 0 Å². The summed E-state index contributed by atoms with van der Waals surface area (Å²) >= 11 is 0. The molecule has 0 saturated carbocycles. The third kappa shape index (κ3) is 2.18. The van der Waals surface area contributed by atoms with Gasteiger partial charge in [0.1, 0.15) is 0 Å². The van der Waals surface area contributed by atoms with Crippen LogP contribution in [0.2, 0.25) is 0 Å². The maximum Gasteiger partial charge on any atom is 0.246 e. The fourth-order valence-corrected chi connectivity index (χ4v) is 2.96. The molecule has 2 aromatic rings. The summed E-state index contributed by atoms with van der Waals surface area (Å²) in [6.07, 6.45) is 5.57. The minimum atomic E-state index is 0.363. The molecular formula is C14H21N5. The van der Waals surface area contributed by atoms with Gasteiger partial charge in [-0.05, 0) is 44.7 Å². The summed E-state index contributed by atoms with van der Waals surface area (Å²) in [6, 6.07) is 4.90. The Labute approximate surface area is 113 Å². The first kappa shape index (κ1) is 12.4. The summed E-state index contributed by atoms with van der Waals surface area (Å²) in [7, 11) is 0. The van der Waals surface area contributed by atoms with Gasteiger partial charge in [-0.1, -0.05) is 6.07 Å². The molecule has 2 aromatic heterocycles. The number of rotatable bonds is 2. The van der Waals surface area contributed by atoms with Gasteiger partial charge >= 0.3 is 0 Å². The zero-order chi connectivity index (χ0) is 13.4. The van der Waals surface area contributed by atoms with Gasteiger partial charge in [-0.3, -0.25) is 0 Å². The monoisotopic (exact) mass is 259 g/mol. The number of hydrogen-bond acceptors (Lipinski definition) is 4. The van der Waals surface area contributed by atoms with E-state index in [0.29, 0.717) is 18.6 Å². The maximum atomic E-state index is 5.91. The van der Waals surface area contributed by atoms with E-state index in [1.165, 1.54) is 18.4 Å². The normalized spacial score (nSPS) is 24.1. The van der Waals surface area contributed by atoms with Crippen molar-refractivity contribution in [3.05, 3.63) is 23.9 Å². The number of hydrogen-bond donors (Lipinski definition) is 1. The predicted molar refractivity (Wildman–Crippen MR) is 76.4 cm³/mol. The molecule has 0 bridgehead atoms. The lowest BCUT2D eigenvalue weighted by molar-refractivity contribution is 0.394. The molecule has 1 aliphatic heterocycles. The SMILES string of the molecule is Cc1ccc2nc(N3C(C)CCCC3CN)nn2c1. The lowest BCUT2D eigenvalue weighted by Gasteiger charge is -2.39. The molecule has 19 heavy (non-hydrogen) atoms. The van der Waals surface area contributed by atoms with Crippen LogP contribution >= 0.6 is 0 Å². The van der Waals surface area contributed by atoms with Crippen LogP contribution in [0.3, 0.4) is 0 Å². The largest absolute Gasteiger partial charge is 0.333 e. The van der Waals surface area contributed by atoms with Crippen molar-refractivity contribution in [3.63, 3.8) is 0 Å². The summed E-state index contributed by atoms with van der Waals surface area (Å²) < 4.78 is 1.86. The molecule has 0 spiro atoms. The van der Waals surface area contributed by atoms with E-state index < -0.39 is 0 Å². The van der Waals surface area contributed by atoms with Gasteiger partial charge in [0.2, 0.25) is 5.95 Å². The van der Waals surface area contributed by atoms with Crippen LogP contribution in [0.5, 0.6) is 0 Å². The molecule has 0 radical (unpaired) electrons. The van der Waals surface area contributed by atoms with Crippen molar-refractivity contribution in [2.45, 2.75) is 45.2 Å². The Morgan fingerprint density at radius 2 is 2.21 bits per heavy atom. The minimum Gasteiger partial charge on any atom is -0.333 e. The van der Waals surface area contributed by atoms with Crippen LogP contribution in [0.15, 0.2) is 18.3 Å². The Kier molecular flexibility index (Phi) is 3.14. The number of piperidine rings is 1. The average Bonchev–Trinajstić information content (AvgIpc) is 2.80. The van der Waals surface area contributed by atoms with Crippen LogP contribution in [0.25, 0.3) is 5.65 Å². The average molecular weight is 259 g/mol. The second-order valence-electron chi connectivity index (χ2n) is 5.50. The Balaban J connectivity index is 2.01. The van der Waals surface area contributed by atoms with Crippen molar-refractivity contribution in [2.24, 2.45) is 5.73 Å². The van der Waals surface area contributed by atoms with E-state index in [-0.39, 0.29) is 0 Å². The number of nitrogens with two attached hydrogens (primary N) is 1. The third-order valence-corrected chi connectivity index (χ3v) is 4.00. The van der Waals surface area contributed by atoms with Crippen molar-refractivity contribution in [1.29, 1.82) is 0 Å². The first-order valence-electron chi connectivity index (χ1n) is 7.00. The Hall–Kier alpha value is -1.62. The highest BCUT2D eigenvalue weighted by Crippen LogP contribution is 2.26. The van der Waals surface area contributed by atoms with E-state index in [1.54, 1.807) is 0 Å². The highest BCUT2D eigenvalue weighted by Gasteiger charge is 2.29. The number of nitrogens with zero attached hydrogens (tertiary/aromatic N) is 4. The van der Waals surface area contributed by atoms with Gasteiger partial charge in [-0.15, -0.1) is 5.10 Å². The molecule has 102 valence electrons. The van der Waals surface area contributed by atoms with Gasteiger partial charge in [0.15, 0.2) is 5.65 Å². The van der Waals surface area contributed by atoms with Gasteiger partial charge in [-0.2, -0.15) is 4.98 Å². The second-order valence-corrected chi connectivity index (χ2v) is 5.50. The van der Waals surface area contributed by atoms with E-state index in [4.69, 9.17) is 5.73 Å². The van der Waals surface area contributed by atoms with Gasteiger partial charge in [0.05, 0.1) is 0 Å². The molecule has 1 aliphatic rings. The number of pyridine rings is 1. The van der Waals surface area contributed by atoms with E-state index in [0.717, 1.165) is 18.0 Å². The first-order valence-corrected chi connectivity index (χ1v) is 7.00. The van der Waals surface area contributed by atoms with Crippen molar-refractivity contribution in [2.75, 3.05) is 11.4 Å². The molecule has 3 heterocycles. The summed E-state index contributed by atoms with van der Waals surface area (Å²) in [6.45, 7) is 4.96. The quantitative estimate of drug-likeness (QED) is 0.892. The van der Waals surface area contributed by atoms with Crippen LogP contribution in [-0.2, 0) is 0 Å². The molecule has 2 N–H and O–H groups in total. The van der Waals surface area contributed by atoms with Crippen molar-refractivity contribution in [3.8, 4) is 0 Å². The molecule has 0 aromatic carbocycles. The molecule has 3 rings (SSSR count). The van der Waals surface area contributed by atoms with Crippen LogP contribution in [0.1, 0.15) is 31.7 Å². The van der Waals surface area contributed by atoms with Gasteiger partial charge in [0.25, 0.3) is 0 Å². The predicted octanol–water partition coefficient (Wildman–Crippen LogP) is 1.74. The van der Waals surface area contributed by atoms with E-state index in [1.807, 2.05) is 16.8 Å². The Bertz CT molecular complexity index is 576. The molecule has 1 saturated heterocycles. The zero-order valence-corrected chi connectivity index (χ0v) is 11.6. The van der Waals surface area contributed by atoms with Crippen LogP contribution in [-0.4, -0.2) is 33.2 Å². The van der Waals surface area contributed by atoms with Crippen molar-refractivity contribution in [1.82, 2.24) is 14.6 Å². The van der Waals surface area contributed by atoms with Crippen molar-refractivity contribution >= 4 is 11.6 Å². The van der Waals surface area contributed by atoms with Crippen LogP contribution < -0.4 is 10.6 Å². The summed E-state index contributed by atoms with van der Waals surface area (Å²) in [4.78, 5) is 6.95. The fourth-order valence-electron chi connectivity index (χ4n) is 2.96. The van der Waals surface area contributed by atoms with E-state index in [2.05, 4.69) is 34.9 Å². The number of aryl methyl sites for hydroxylation is 1. The lowest BCUT2D eigenvalue weighted by atomic mass is 9.97. The molecule has 1 fully saturated rings. The summed E-state index contributed by atoms with van der Waals surface area (Å²) in [5.41, 5.74) is 7.99. The second kappa shape index (κ2) is 4.81. The topological polar surface area (TPSA) is 59.5 Å². The highest BCUT2D eigenvalue weighted by molar-refractivity contribution is 5.46. The van der Waals surface area contributed by atoms with Crippen molar-refractivity contribution < 1.29 is 0 Å². The molecule has 0 amide bonds. The van der Waals surface area contributed by atoms with Gasteiger partial charge < -0.3 is 10.6 Å². The van der Waals surface area contributed by atoms with Crippen LogP contribution in [0, 0.1) is 6.92 Å². The van der Waals surface area contributed by atoms with Crippen LogP contribution in [0.4, 0.5) is 5.95 Å². The summed E-state index contributed by atoms with van der Waals surface area (Å²) in [5, 5.41) is 4.62. The van der Waals surface area contributed by atoms with Gasteiger partial charge in [-0.25, -0.2) is 4.52 Å². The minimum absolute atomic E-state index is 0.363. The van der Waals surface area contributed by atoms with E-state index >= 15 is 0 Å². The fraction of sp³-hybridized carbons (Fsp3) is 0.571. The molecule has 2 unspecified atom stereocenters. The Morgan fingerprint density at radius 1 is 1.37 bits per heavy atom. The van der Waals surface area contributed by atoms with Gasteiger partial charge in [0, 0.05) is 24.8 Å². The molecule has 0 aliphatic carbocycles. The highest BCUT2D eigenvalue weighted by atomic mass is 15.4. The third-order valence-electron chi connectivity index (χ3n) is 4.00. The standard InChI is InChI=1S/C14H21N5/c1-10-6-7-13-16-14(17-18(13)9-10)19-11(2)4-3-5-12(19)8-15/h6-7,9,11-12H,3-5,8,15H2,1-2H3. The molecular weight excluding hydrogens is 238 g/mol. The lowest BCUT2D eigenvalue weighted by Crippen LogP contribution is -2.49.